The number of nitrogens with one attached hydrogen (secondary N) is 1. The van der Waals surface area contributed by atoms with Crippen LogP contribution in [0.1, 0.15) is 40.0 Å². The van der Waals surface area contributed by atoms with E-state index in [2.05, 4.69) is 26.1 Å². The average Bonchev–Trinajstić information content (AvgIpc) is 2.10. The van der Waals surface area contributed by atoms with Crippen molar-refractivity contribution in [1.29, 1.82) is 0 Å². The van der Waals surface area contributed by atoms with E-state index in [0.29, 0.717) is 5.54 Å². The zero-order valence-corrected chi connectivity index (χ0v) is 6.70. The summed E-state index contributed by atoms with van der Waals surface area (Å²) in [7, 11) is 0. The fraction of sp³-hybridized carbons (Fsp3) is 1.00. The van der Waals surface area contributed by atoms with E-state index < -0.39 is 0 Å². The van der Waals surface area contributed by atoms with Gasteiger partial charge in [-0.05, 0) is 33.1 Å². The molecule has 1 saturated heterocycles. The largest absolute Gasteiger partial charge is 0.309 e. The summed E-state index contributed by atoms with van der Waals surface area (Å²) in [4.78, 5) is 0. The normalized spacial score (nSPS) is 33.0. The lowest BCUT2D eigenvalue weighted by molar-refractivity contribution is 0.424. The Morgan fingerprint density at radius 3 is 2.44 bits per heavy atom. The van der Waals surface area contributed by atoms with Crippen LogP contribution in [0.3, 0.4) is 0 Å². The first kappa shape index (κ1) is 7.07. The average molecular weight is 127 g/mol. The van der Waals surface area contributed by atoms with Crippen molar-refractivity contribution in [2.75, 3.05) is 0 Å². The molecule has 1 rings (SSSR count). The molecule has 1 unspecified atom stereocenters. The van der Waals surface area contributed by atoms with Crippen LogP contribution >= 0.6 is 0 Å². The molecule has 1 heteroatoms. The Labute approximate surface area is 57.8 Å². The van der Waals surface area contributed by atoms with Crippen molar-refractivity contribution < 1.29 is 0 Å². The van der Waals surface area contributed by atoms with Crippen molar-refractivity contribution in [1.82, 2.24) is 5.32 Å². The molecular weight excluding hydrogens is 110 g/mol. The lowest BCUT2D eigenvalue weighted by Gasteiger charge is -2.19. The zero-order valence-electron chi connectivity index (χ0n) is 6.70. The van der Waals surface area contributed by atoms with Gasteiger partial charge >= 0.3 is 0 Å². The summed E-state index contributed by atoms with van der Waals surface area (Å²) < 4.78 is 0. The maximum absolute atomic E-state index is 3.58. The number of hydrogen-bond donors (Lipinski definition) is 1. The van der Waals surface area contributed by atoms with Crippen molar-refractivity contribution in [2.24, 2.45) is 0 Å². The van der Waals surface area contributed by atoms with Gasteiger partial charge in [-0.2, -0.15) is 0 Å². The van der Waals surface area contributed by atoms with E-state index in [0.717, 1.165) is 6.04 Å². The molecule has 1 fully saturated rings. The van der Waals surface area contributed by atoms with Crippen LogP contribution in [0.25, 0.3) is 0 Å². The zero-order chi connectivity index (χ0) is 6.91. The predicted octanol–water partition coefficient (Wildman–Crippen LogP) is 1.93. The van der Waals surface area contributed by atoms with E-state index in [1.807, 2.05) is 0 Å². The van der Waals surface area contributed by atoms with E-state index >= 15 is 0 Å². The van der Waals surface area contributed by atoms with Crippen molar-refractivity contribution in [3.8, 4) is 0 Å². The van der Waals surface area contributed by atoms with E-state index in [-0.39, 0.29) is 0 Å². The van der Waals surface area contributed by atoms with Crippen LogP contribution in [0.15, 0.2) is 0 Å². The molecule has 0 radical (unpaired) electrons. The fourth-order valence-electron chi connectivity index (χ4n) is 1.54. The Morgan fingerprint density at radius 2 is 2.22 bits per heavy atom. The van der Waals surface area contributed by atoms with Gasteiger partial charge in [-0.3, -0.25) is 0 Å². The Bertz CT molecular complexity index is 96.7. The van der Waals surface area contributed by atoms with Gasteiger partial charge in [-0.25, -0.2) is 0 Å². The Kier molecular flexibility index (Phi) is 1.80. The second kappa shape index (κ2) is 2.30. The van der Waals surface area contributed by atoms with Crippen LogP contribution in [0.4, 0.5) is 0 Å². The standard InChI is InChI=1S/C8H17N/c1-4-7-5-6-8(2,3)9-7/h7,9H,4-6H2,1-3H3. The van der Waals surface area contributed by atoms with Gasteiger partial charge in [0.05, 0.1) is 0 Å². The van der Waals surface area contributed by atoms with Crippen molar-refractivity contribution in [2.45, 2.75) is 51.6 Å². The molecule has 0 aromatic heterocycles. The summed E-state index contributed by atoms with van der Waals surface area (Å²) >= 11 is 0. The third-order valence-corrected chi connectivity index (χ3v) is 2.21. The molecule has 0 saturated carbocycles. The van der Waals surface area contributed by atoms with Crippen molar-refractivity contribution >= 4 is 0 Å². The molecule has 0 aliphatic carbocycles. The smallest absolute Gasteiger partial charge is 0.0128 e. The minimum atomic E-state index is 0.417. The first-order valence-corrected chi connectivity index (χ1v) is 3.92. The third kappa shape index (κ3) is 1.68. The molecule has 1 aliphatic heterocycles. The lowest BCUT2D eigenvalue weighted by atomic mass is 10.0. The lowest BCUT2D eigenvalue weighted by Crippen LogP contribution is -2.36. The first-order valence-electron chi connectivity index (χ1n) is 3.92. The summed E-state index contributed by atoms with van der Waals surface area (Å²) in [6.07, 6.45) is 3.98. The van der Waals surface area contributed by atoms with Gasteiger partial charge < -0.3 is 5.32 Å². The minimum absolute atomic E-state index is 0.417. The van der Waals surface area contributed by atoms with E-state index in [9.17, 15) is 0 Å². The summed E-state index contributed by atoms with van der Waals surface area (Å²) in [5, 5.41) is 3.58. The topological polar surface area (TPSA) is 12.0 Å². The van der Waals surface area contributed by atoms with Gasteiger partial charge in [0.2, 0.25) is 0 Å². The van der Waals surface area contributed by atoms with Crippen LogP contribution in [0, 0.1) is 0 Å². The molecule has 0 aromatic rings. The third-order valence-electron chi connectivity index (χ3n) is 2.21. The van der Waals surface area contributed by atoms with Crippen LogP contribution in [0.5, 0.6) is 0 Å². The number of rotatable bonds is 1. The van der Waals surface area contributed by atoms with Crippen LogP contribution in [0.2, 0.25) is 0 Å². The van der Waals surface area contributed by atoms with Crippen LogP contribution in [-0.2, 0) is 0 Å². The van der Waals surface area contributed by atoms with Gasteiger partial charge in [-0.1, -0.05) is 6.92 Å². The van der Waals surface area contributed by atoms with Crippen molar-refractivity contribution in [3.05, 3.63) is 0 Å². The van der Waals surface area contributed by atoms with Crippen LogP contribution < -0.4 is 5.32 Å². The first-order chi connectivity index (χ1) is 4.14. The summed E-state index contributed by atoms with van der Waals surface area (Å²) in [6.45, 7) is 6.81. The molecule has 0 amide bonds. The molecular formula is C8H17N. The highest BCUT2D eigenvalue weighted by atomic mass is 15.0. The maximum atomic E-state index is 3.58. The highest BCUT2D eigenvalue weighted by Crippen LogP contribution is 2.23. The van der Waals surface area contributed by atoms with Gasteiger partial charge in [0, 0.05) is 11.6 Å². The monoisotopic (exact) mass is 127 g/mol. The van der Waals surface area contributed by atoms with Gasteiger partial charge in [0.1, 0.15) is 0 Å². The molecule has 1 N–H and O–H groups in total. The number of hydrogen-bond acceptors (Lipinski definition) is 1. The Balaban J connectivity index is 2.38. The van der Waals surface area contributed by atoms with Gasteiger partial charge in [0.25, 0.3) is 0 Å². The van der Waals surface area contributed by atoms with E-state index in [1.165, 1.54) is 19.3 Å². The molecule has 1 heterocycles. The SMILES string of the molecule is CCC1CCC(C)(C)N1. The van der Waals surface area contributed by atoms with E-state index in [1.54, 1.807) is 0 Å². The minimum Gasteiger partial charge on any atom is -0.309 e. The fourth-order valence-corrected chi connectivity index (χ4v) is 1.54. The second-order valence-electron chi connectivity index (χ2n) is 3.67. The van der Waals surface area contributed by atoms with Gasteiger partial charge in [-0.15, -0.1) is 0 Å². The summed E-state index contributed by atoms with van der Waals surface area (Å²) in [5.74, 6) is 0. The summed E-state index contributed by atoms with van der Waals surface area (Å²) in [6, 6.07) is 0.792. The van der Waals surface area contributed by atoms with Crippen molar-refractivity contribution in [3.63, 3.8) is 0 Å². The molecule has 1 atom stereocenters. The van der Waals surface area contributed by atoms with E-state index in [4.69, 9.17) is 0 Å². The molecule has 1 nitrogen and oxygen atoms in total. The molecule has 1 aliphatic rings. The molecule has 0 bridgehead atoms. The molecule has 9 heavy (non-hydrogen) atoms. The summed E-state index contributed by atoms with van der Waals surface area (Å²) in [5.41, 5.74) is 0.417. The molecule has 0 aromatic carbocycles. The van der Waals surface area contributed by atoms with Gasteiger partial charge in [0.15, 0.2) is 0 Å². The maximum Gasteiger partial charge on any atom is 0.0128 e. The Morgan fingerprint density at radius 1 is 1.56 bits per heavy atom. The quantitative estimate of drug-likeness (QED) is 0.567. The molecule has 0 spiro atoms. The molecule has 54 valence electrons. The Hall–Kier alpha value is -0.0400. The highest BCUT2D eigenvalue weighted by Gasteiger charge is 2.28. The second-order valence-corrected chi connectivity index (χ2v) is 3.67. The van der Waals surface area contributed by atoms with Crippen LogP contribution in [-0.4, -0.2) is 11.6 Å². The highest BCUT2D eigenvalue weighted by molar-refractivity contribution is 4.89. The predicted molar refractivity (Wildman–Crippen MR) is 40.5 cm³/mol.